The molecule has 0 aliphatic rings. The van der Waals surface area contributed by atoms with E-state index in [9.17, 15) is 14.9 Å². The molecule has 2 rings (SSSR count). The van der Waals surface area contributed by atoms with E-state index in [1.165, 1.54) is 32.4 Å². The summed E-state index contributed by atoms with van der Waals surface area (Å²) in [4.78, 5) is 27.2. The molecule has 0 aliphatic carbocycles. The fourth-order valence-corrected chi connectivity index (χ4v) is 1.94. The van der Waals surface area contributed by atoms with E-state index < -0.39 is 10.8 Å². The minimum Gasteiger partial charge on any atom is -0.457 e. The van der Waals surface area contributed by atoms with E-state index >= 15 is 0 Å². The highest BCUT2D eigenvalue weighted by molar-refractivity contribution is 6.45. The number of carbonyl (C=O) groups excluding carboxylic acids is 1. The molecule has 0 atom stereocenters. The molecule has 0 heterocycles. The van der Waals surface area contributed by atoms with Crippen molar-refractivity contribution in [3.63, 3.8) is 0 Å². The van der Waals surface area contributed by atoms with Crippen molar-refractivity contribution in [3.8, 4) is 11.5 Å². The molecule has 8 heteroatoms. The largest absolute Gasteiger partial charge is 0.457 e. The second kappa shape index (κ2) is 7.73. The Hall–Kier alpha value is -3.42. The molecule has 0 saturated carbocycles. The molecule has 0 aliphatic heterocycles. The Bertz CT molecular complexity index is 775. The molecule has 0 aromatic heterocycles. The Morgan fingerprint density at radius 2 is 1.92 bits per heavy atom. The van der Waals surface area contributed by atoms with E-state index in [0.29, 0.717) is 5.75 Å². The lowest BCUT2D eigenvalue weighted by molar-refractivity contribution is -0.384. The van der Waals surface area contributed by atoms with Gasteiger partial charge in [0, 0.05) is 19.2 Å². The molecule has 0 unspecified atom stereocenters. The number of para-hydroxylation sites is 1. The van der Waals surface area contributed by atoms with Gasteiger partial charge in [-0.25, -0.2) is 0 Å². The molecular formula is C16H15N3O5. The molecule has 2 aromatic rings. The van der Waals surface area contributed by atoms with E-state index in [-0.39, 0.29) is 22.7 Å². The number of likely N-dealkylation sites (N-methyl/N-ethyl adjacent to an activating group) is 1. The van der Waals surface area contributed by atoms with Crippen LogP contribution in [0, 0.1) is 10.1 Å². The van der Waals surface area contributed by atoms with Crippen molar-refractivity contribution in [2.24, 2.45) is 5.16 Å². The maximum absolute atomic E-state index is 12.0. The lowest BCUT2D eigenvalue weighted by Gasteiger charge is -2.12. The number of carbonyl (C=O) groups is 1. The topological polar surface area (TPSA) is 103 Å². The first kappa shape index (κ1) is 16.9. The SMILES string of the molecule is CNC(=O)C(=NOC)c1cc([N+](=O)[O-])ccc1Oc1ccccc1. The Morgan fingerprint density at radius 1 is 1.21 bits per heavy atom. The third-order valence-electron chi connectivity index (χ3n) is 3.02. The predicted octanol–water partition coefficient (Wildman–Crippen LogP) is 2.48. The molecule has 0 saturated heterocycles. The highest BCUT2D eigenvalue weighted by Crippen LogP contribution is 2.29. The molecule has 0 spiro atoms. The van der Waals surface area contributed by atoms with Crippen molar-refractivity contribution in [2.75, 3.05) is 14.2 Å². The number of nitrogens with zero attached hydrogens (tertiary/aromatic N) is 2. The van der Waals surface area contributed by atoms with Crippen LogP contribution in [0.2, 0.25) is 0 Å². The van der Waals surface area contributed by atoms with Gasteiger partial charge in [0.05, 0.1) is 10.5 Å². The third kappa shape index (κ3) is 3.86. The summed E-state index contributed by atoms with van der Waals surface area (Å²) in [6.07, 6.45) is 0. The van der Waals surface area contributed by atoms with Gasteiger partial charge in [0.25, 0.3) is 11.6 Å². The van der Waals surface area contributed by atoms with Gasteiger partial charge in [0.15, 0.2) is 5.71 Å². The predicted molar refractivity (Wildman–Crippen MR) is 87.2 cm³/mol. The first-order chi connectivity index (χ1) is 11.6. The summed E-state index contributed by atoms with van der Waals surface area (Å²) in [5, 5.41) is 17.1. The highest BCUT2D eigenvalue weighted by atomic mass is 16.6. The van der Waals surface area contributed by atoms with E-state index in [4.69, 9.17) is 4.74 Å². The first-order valence-electron chi connectivity index (χ1n) is 6.91. The van der Waals surface area contributed by atoms with E-state index in [0.717, 1.165) is 0 Å². The molecule has 124 valence electrons. The fraction of sp³-hybridized carbons (Fsp3) is 0.125. The van der Waals surface area contributed by atoms with Gasteiger partial charge in [-0.1, -0.05) is 23.4 Å². The molecular weight excluding hydrogens is 314 g/mol. The molecule has 8 nitrogen and oxygen atoms in total. The number of amides is 1. The van der Waals surface area contributed by atoms with Crippen LogP contribution in [0.25, 0.3) is 0 Å². The number of ether oxygens (including phenoxy) is 1. The number of hydrogen-bond acceptors (Lipinski definition) is 6. The number of oxime groups is 1. The van der Waals surface area contributed by atoms with Crippen molar-refractivity contribution in [2.45, 2.75) is 0 Å². The van der Waals surface area contributed by atoms with Crippen molar-refractivity contribution in [1.29, 1.82) is 0 Å². The zero-order valence-electron chi connectivity index (χ0n) is 13.1. The third-order valence-corrected chi connectivity index (χ3v) is 3.02. The number of nitro groups is 1. The van der Waals surface area contributed by atoms with Gasteiger partial charge in [-0.15, -0.1) is 0 Å². The van der Waals surface area contributed by atoms with Gasteiger partial charge < -0.3 is 14.9 Å². The van der Waals surface area contributed by atoms with Crippen molar-refractivity contribution >= 4 is 17.3 Å². The van der Waals surface area contributed by atoms with Crippen LogP contribution in [0.5, 0.6) is 11.5 Å². The van der Waals surface area contributed by atoms with Crippen LogP contribution < -0.4 is 10.1 Å². The van der Waals surface area contributed by atoms with Crippen LogP contribution in [0.15, 0.2) is 53.7 Å². The van der Waals surface area contributed by atoms with Gasteiger partial charge in [-0.2, -0.15) is 0 Å². The Balaban J connectivity index is 2.56. The summed E-state index contributed by atoms with van der Waals surface area (Å²) >= 11 is 0. The van der Waals surface area contributed by atoms with Crippen LogP contribution in [0.1, 0.15) is 5.56 Å². The molecule has 0 radical (unpaired) electrons. The number of benzene rings is 2. The second-order valence-electron chi connectivity index (χ2n) is 4.55. The zero-order chi connectivity index (χ0) is 17.5. The average Bonchev–Trinajstić information content (AvgIpc) is 2.60. The number of hydrogen-bond donors (Lipinski definition) is 1. The Kier molecular flexibility index (Phi) is 5.45. The minimum absolute atomic E-state index is 0.130. The Morgan fingerprint density at radius 3 is 2.50 bits per heavy atom. The standard InChI is InChI=1S/C16H15N3O5/c1-17-16(20)15(18-23-2)13-10-11(19(21)22)8-9-14(13)24-12-6-4-3-5-7-12/h3-10H,1-2H3,(H,17,20). The zero-order valence-corrected chi connectivity index (χ0v) is 13.1. The molecule has 0 bridgehead atoms. The van der Waals surface area contributed by atoms with Gasteiger partial charge in [0.1, 0.15) is 18.6 Å². The van der Waals surface area contributed by atoms with Crippen LogP contribution >= 0.6 is 0 Å². The first-order valence-corrected chi connectivity index (χ1v) is 6.91. The highest BCUT2D eigenvalue weighted by Gasteiger charge is 2.22. The van der Waals surface area contributed by atoms with Crippen LogP contribution in [-0.2, 0) is 9.63 Å². The van der Waals surface area contributed by atoms with Gasteiger partial charge in [-0.3, -0.25) is 14.9 Å². The van der Waals surface area contributed by atoms with Crippen LogP contribution in [0.3, 0.4) is 0 Å². The summed E-state index contributed by atoms with van der Waals surface area (Å²) in [6.45, 7) is 0. The number of nitro benzene ring substituents is 1. The van der Waals surface area contributed by atoms with Gasteiger partial charge >= 0.3 is 0 Å². The van der Waals surface area contributed by atoms with Gasteiger partial charge in [-0.05, 0) is 18.2 Å². The number of non-ortho nitro benzene ring substituents is 1. The van der Waals surface area contributed by atoms with E-state index in [1.807, 2.05) is 6.07 Å². The molecule has 2 aromatic carbocycles. The lowest BCUT2D eigenvalue weighted by Crippen LogP contribution is -2.29. The van der Waals surface area contributed by atoms with E-state index in [1.54, 1.807) is 24.3 Å². The van der Waals surface area contributed by atoms with Gasteiger partial charge in [0.2, 0.25) is 0 Å². The quantitative estimate of drug-likeness (QED) is 0.498. The van der Waals surface area contributed by atoms with Crippen molar-refractivity contribution < 1.29 is 19.3 Å². The summed E-state index contributed by atoms with van der Waals surface area (Å²) in [5.74, 6) is 0.197. The summed E-state index contributed by atoms with van der Waals surface area (Å²) in [7, 11) is 2.70. The summed E-state index contributed by atoms with van der Waals surface area (Å²) in [6, 6.07) is 12.7. The van der Waals surface area contributed by atoms with Crippen LogP contribution in [0.4, 0.5) is 5.69 Å². The summed E-state index contributed by atoms with van der Waals surface area (Å²) < 4.78 is 5.73. The van der Waals surface area contributed by atoms with E-state index in [2.05, 4.69) is 15.3 Å². The second-order valence-corrected chi connectivity index (χ2v) is 4.55. The maximum atomic E-state index is 12.0. The number of rotatable bonds is 6. The van der Waals surface area contributed by atoms with Crippen LogP contribution in [-0.4, -0.2) is 30.7 Å². The normalized spacial score (nSPS) is 10.8. The fourth-order valence-electron chi connectivity index (χ4n) is 1.94. The molecule has 1 N–H and O–H groups in total. The smallest absolute Gasteiger partial charge is 0.273 e. The number of nitrogens with one attached hydrogen (secondary N) is 1. The Labute approximate surface area is 137 Å². The van der Waals surface area contributed by atoms with Crippen molar-refractivity contribution in [1.82, 2.24) is 5.32 Å². The average molecular weight is 329 g/mol. The summed E-state index contributed by atoms with van der Waals surface area (Å²) in [5.41, 5.74) is -0.179. The minimum atomic E-state index is -0.565. The lowest BCUT2D eigenvalue weighted by atomic mass is 10.1. The monoisotopic (exact) mass is 329 g/mol. The molecule has 24 heavy (non-hydrogen) atoms. The molecule has 0 fully saturated rings. The maximum Gasteiger partial charge on any atom is 0.273 e. The van der Waals surface area contributed by atoms with Crippen molar-refractivity contribution in [3.05, 3.63) is 64.2 Å². The molecule has 1 amide bonds.